The minimum absolute atomic E-state index is 0.108. The van der Waals surface area contributed by atoms with Crippen molar-refractivity contribution in [1.82, 2.24) is 0 Å². The Morgan fingerprint density at radius 2 is 2.00 bits per heavy atom. The van der Waals surface area contributed by atoms with Gasteiger partial charge in [-0.25, -0.2) is 0 Å². The van der Waals surface area contributed by atoms with E-state index in [2.05, 4.69) is 0 Å². The molecule has 0 N–H and O–H groups in total. The van der Waals surface area contributed by atoms with Gasteiger partial charge in [0, 0.05) is 5.38 Å². The molecule has 0 saturated heterocycles. The normalized spacial score (nSPS) is 34.7. The molecule has 0 aromatic heterocycles. The quantitative estimate of drug-likeness (QED) is 0.488. The number of hydrogen-bond donors (Lipinski definition) is 0. The van der Waals surface area contributed by atoms with Crippen molar-refractivity contribution in [2.75, 3.05) is 0 Å². The second kappa shape index (κ2) is 4.32. The van der Waals surface area contributed by atoms with E-state index in [4.69, 9.17) is 23.2 Å². The number of hydrogen-bond acceptors (Lipinski definition) is 1. The summed E-state index contributed by atoms with van der Waals surface area (Å²) >= 11 is 11.8. The smallest absolute Gasteiger partial charge is 0.138 e. The average Bonchev–Trinajstić information content (AvgIpc) is 2.04. The van der Waals surface area contributed by atoms with Crippen LogP contribution in [0, 0.1) is 5.92 Å². The number of halogens is 2. The van der Waals surface area contributed by atoms with E-state index in [1.807, 2.05) is 0 Å². The summed E-state index contributed by atoms with van der Waals surface area (Å²) in [6.45, 7) is 0. The zero-order valence-electron chi connectivity index (χ0n) is 6.30. The Kier molecular flexibility index (Phi) is 3.67. The Hall–Kier alpha value is 0.250. The number of alkyl halides is 2. The van der Waals surface area contributed by atoms with Gasteiger partial charge in [-0.3, -0.25) is 0 Å². The van der Waals surface area contributed by atoms with Crippen LogP contribution >= 0.6 is 23.2 Å². The molecule has 0 radical (unpaired) electrons. The van der Waals surface area contributed by atoms with Gasteiger partial charge in [0.25, 0.3) is 0 Å². The molecule has 0 heterocycles. The van der Waals surface area contributed by atoms with Gasteiger partial charge in [0.05, 0.1) is 5.38 Å². The zero-order valence-corrected chi connectivity index (χ0v) is 7.81. The molecule has 1 rings (SSSR count). The van der Waals surface area contributed by atoms with Gasteiger partial charge in [0.15, 0.2) is 0 Å². The number of carbonyl (C=O) groups is 1. The Bertz CT molecular complexity index is 138. The van der Waals surface area contributed by atoms with E-state index in [0.717, 1.165) is 25.5 Å². The number of aldehydes is 1. The van der Waals surface area contributed by atoms with Crippen molar-refractivity contribution in [3.8, 4) is 0 Å². The van der Waals surface area contributed by atoms with E-state index in [1.165, 1.54) is 6.42 Å². The minimum atomic E-state index is -0.377. The van der Waals surface area contributed by atoms with E-state index < -0.39 is 0 Å². The molecule has 3 heteroatoms. The van der Waals surface area contributed by atoms with E-state index >= 15 is 0 Å². The molecule has 1 aliphatic carbocycles. The lowest BCUT2D eigenvalue weighted by atomic mass is 9.86. The van der Waals surface area contributed by atoms with Crippen LogP contribution in [0.4, 0.5) is 0 Å². The lowest BCUT2D eigenvalue weighted by Crippen LogP contribution is -2.28. The van der Waals surface area contributed by atoms with Crippen molar-refractivity contribution in [3.63, 3.8) is 0 Å². The van der Waals surface area contributed by atoms with Crippen LogP contribution in [-0.2, 0) is 4.79 Å². The van der Waals surface area contributed by atoms with Gasteiger partial charge in [-0.2, -0.15) is 0 Å². The van der Waals surface area contributed by atoms with Crippen LogP contribution in [0.25, 0.3) is 0 Å². The third-order valence-corrected chi connectivity index (χ3v) is 3.24. The molecule has 1 nitrogen and oxygen atoms in total. The first-order valence-corrected chi connectivity index (χ1v) is 4.86. The molecule has 0 bridgehead atoms. The van der Waals surface area contributed by atoms with Crippen LogP contribution in [0.3, 0.4) is 0 Å². The highest BCUT2D eigenvalue weighted by Crippen LogP contribution is 2.32. The molecule has 0 aliphatic heterocycles. The predicted octanol–water partition coefficient (Wildman–Crippen LogP) is 2.59. The number of rotatable bonds is 2. The highest BCUT2D eigenvalue weighted by atomic mass is 35.5. The Morgan fingerprint density at radius 1 is 1.36 bits per heavy atom. The van der Waals surface area contributed by atoms with E-state index in [9.17, 15) is 4.79 Å². The summed E-state index contributed by atoms with van der Waals surface area (Å²) < 4.78 is 0. The molecule has 0 unspecified atom stereocenters. The molecule has 0 amide bonds. The maximum atomic E-state index is 10.4. The second-order valence-electron chi connectivity index (χ2n) is 3.04. The van der Waals surface area contributed by atoms with Crippen molar-refractivity contribution >= 4 is 29.5 Å². The molecule has 1 saturated carbocycles. The Labute approximate surface area is 77.1 Å². The maximum Gasteiger partial charge on any atom is 0.138 e. The predicted molar refractivity (Wildman–Crippen MR) is 47.3 cm³/mol. The van der Waals surface area contributed by atoms with Crippen molar-refractivity contribution in [2.24, 2.45) is 5.92 Å². The molecule has 0 spiro atoms. The average molecular weight is 195 g/mol. The zero-order chi connectivity index (χ0) is 8.27. The Balaban J connectivity index is 2.46. The monoisotopic (exact) mass is 194 g/mol. The summed E-state index contributed by atoms with van der Waals surface area (Å²) in [6, 6.07) is 0. The van der Waals surface area contributed by atoms with E-state index in [0.29, 0.717) is 0 Å². The van der Waals surface area contributed by atoms with Crippen LogP contribution < -0.4 is 0 Å². The fourth-order valence-corrected chi connectivity index (χ4v) is 2.39. The topological polar surface area (TPSA) is 17.1 Å². The highest BCUT2D eigenvalue weighted by Gasteiger charge is 2.28. The summed E-state index contributed by atoms with van der Waals surface area (Å²) in [6.07, 6.45) is 5.13. The fraction of sp³-hybridized carbons (Fsp3) is 0.875. The molecular weight excluding hydrogens is 183 g/mol. The fourth-order valence-electron chi connectivity index (χ4n) is 1.57. The molecule has 1 fully saturated rings. The molecule has 3 atom stereocenters. The van der Waals surface area contributed by atoms with Crippen molar-refractivity contribution < 1.29 is 4.79 Å². The van der Waals surface area contributed by atoms with Gasteiger partial charge >= 0.3 is 0 Å². The third kappa shape index (κ3) is 2.34. The first kappa shape index (κ1) is 9.34. The summed E-state index contributed by atoms with van der Waals surface area (Å²) in [5, 5.41) is -0.269. The van der Waals surface area contributed by atoms with Crippen molar-refractivity contribution in [1.29, 1.82) is 0 Å². The summed E-state index contributed by atoms with van der Waals surface area (Å²) in [4.78, 5) is 10.4. The van der Waals surface area contributed by atoms with Crippen LogP contribution in [0.2, 0.25) is 0 Å². The molecular formula is C8H12Cl2O. The summed E-state index contributed by atoms with van der Waals surface area (Å²) in [5.74, 6) is 0.199. The summed E-state index contributed by atoms with van der Waals surface area (Å²) in [5.41, 5.74) is 0. The lowest BCUT2D eigenvalue weighted by molar-refractivity contribution is -0.108. The largest absolute Gasteiger partial charge is 0.302 e. The van der Waals surface area contributed by atoms with Gasteiger partial charge < -0.3 is 4.79 Å². The number of carbonyl (C=O) groups excluding carboxylic acids is 1. The maximum absolute atomic E-state index is 10.4. The van der Waals surface area contributed by atoms with E-state index in [-0.39, 0.29) is 16.7 Å². The standard InChI is InChI=1S/C8H12Cl2O/c9-7-4-2-1-3-6(7)8(10)5-11/h5-8H,1-4H2/t6-,7-,8-/m1/s1. The van der Waals surface area contributed by atoms with Crippen LogP contribution in [-0.4, -0.2) is 17.0 Å². The van der Waals surface area contributed by atoms with Gasteiger partial charge in [0.1, 0.15) is 6.29 Å². The van der Waals surface area contributed by atoms with E-state index in [1.54, 1.807) is 0 Å². The van der Waals surface area contributed by atoms with Crippen molar-refractivity contribution in [2.45, 2.75) is 36.4 Å². The van der Waals surface area contributed by atoms with Crippen LogP contribution in [0.15, 0.2) is 0 Å². The summed E-state index contributed by atoms with van der Waals surface area (Å²) in [7, 11) is 0. The molecule has 64 valence electrons. The van der Waals surface area contributed by atoms with Gasteiger partial charge in [-0.1, -0.05) is 12.8 Å². The third-order valence-electron chi connectivity index (χ3n) is 2.27. The molecule has 0 aromatic rings. The van der Waals surface area contributed by atoms with Crippen LogP contribution in [0.1, 0.15) is 25.7 Å². The van der Waals surface area contributed by atoms with Crippen molar-refractivity contribution in [3.05, 3.63) is 0 Å². The highest BCUT2D eigenvalue weighted by molar-refractivity contribution is 6.29. The lowest BCUT2D eigenvalue weighted by Gasteiger charge is -2.27. The van der Waals surface area contributed by atoms with Gasteiger partial charge in [0.2, 0.25) is 0 Å². The SMILES string of the molecule is O=C[C@@H](Cl)[C@@H]1CCCC[C@H]1Cl. The molecule has 11 heavy (non-hydrogen) atoms. The van der Waals surface area contributed by atoms with Gasteiger partial charge in [-0.15, -0.1) is 23.2 Å². The minimum Gasteiger partial charge on any atom is -0.302 e. The second-order valence-corrected chi connectivity index (χ2v) is 4.11. The molecule has 1 aliphatic rings. The first-order valence-electron chi connectivity index (χ1n) is 3.99. The first-order chi connectivity index (χ1) is 5.25. The Morgan fingerprint density at radius 3 is 2.55 bits per heavy atom. The molecule has 0 aromatic carbocycles. The van der Waals surface area contributed by atoms with Gasteiger partial charge in [-0.05, 0) is 18.8 Å². The van der Waals surface area contributed by atoms with Crippen LogP contribution in [0.5, 0.6) is 0 Å².